The zero-order valence-corrected chi connectivity index (χ0v) is 21.8. The Morgan fingerprint density at radius 3 is 2.12 bits per heavy atom. The third kappa shape index (κ3) is 5.71. The minimum absolute atomic E-state index is 0.105. The highest BCUT2D eigenvalue weighted by Gasteiger charge is 2.35. The van der Waals surface area contributed by atoms with E-state index in [1.165, 1.54) is 24.7 Å². The largest absolute Gasteiger partial charge is 0.467 e. The second kappa shape index (κ2) is 10.9. The summed E-state index contributed by atoms with van der Waals surface area (Å²) < 4.78 is 57.7. The van der Waals surface area contributed by atoms with Crippen LogP contribution in [0.1, 0.15) is 28.3 Å². The van der Waals surface area contributed by atoms with Gasteiger partial charge in [-0.1, -0.05) is 41.9 Å². The van der Waals surface area contributed by atoms with Gasteiger partial charge in [-0.15, -0.1) is 0 Å². The molecular weight excluding hydrogens is 559 g/mol. The average Bonchev–Trinajstić information content (AvgIpc) is 3.74. The van der Waals surface area contributed by atoms with E-state index in [4.69, 9.17) is 30.2 Å². The van der Waals surface area contributed by atoms with Crippen LogP contribution < -0.4 is 5.32 Å². The monoisotopic (exact) mass is 577 g/mol. The molecule has 3 aromatic heterocycles. The second-order valence-electron chi connectivity index (χ2n) is 8.81. The van der Waals surface area contributed by atoms with Gasteiger partial charge in [0.05, 0.1) is 23.1 Å². The molecule has 0 amide bonds. The fraction of sp³-hybridized carbons (Fsp3) is 0.103. The van der Waals surface area contributed by atoms with Gasteiger partial charge in [-0.05, 0) is 42.5 Å². The van der Waals surface area contributed by atoms with Gasteiger partial charge in [0, 0.05) is 11.3 Å². The van der Waals surface area contributed by atoms with Crippen LogP contribution in [-0.2, 0) is 24.0 Å². The van der Waals surface area contributed by atoms with Crippen LogP contribution in [-0.4, -0.2) is 21.8 Å². The summed E-state index contributed by atoms with van der Waals surface area (Å²) in [5, 5.41) is 2.58. The molecule has 5 aromatic rings. The van der Waals surface area contributed by atoms with Crippen LogP contribution in [0.25, 0.3) is 11.4 Å². The molecule has 41 heavy (non-hydrogen) atoms. The molecule has 1 aliphatic rings. The van der Waals surface area contributed by atoms with Gasteiger partial charge in [0.2, 0.25) is 11.8 Å². The summed E-state index contributed by atoms with van der Waals surface area (Å²) in [6.45, 7) is 0.291. The van der Waals surface area contributed by atoms with Crippen LogP contribution in [0.3, 0.4) is 0 Å². The number of aromatic nitrogens is 2. The molecule has 12 heteroatoms. The van der Waals surface area contributed by atoms with Gasteiger partial charge in [0.1, 0.15) is 41.7 Å². The zero-order valence-electron chi connectivity index (χ0n) is 21.0. The molecule has 6 rings (SSSR count). The number of furan rings is 2. The van der Waals surface area contributed by atoms with E-state index in [1.807, 2.05) is 30.3 Å². The van der Waals surface area contributed by atoms with Crippen molar-refractivity contribution in [3.05, 3.63) is 119 Å². The quantitative estimate of drug-likeness (QED) is 0.213. The number of halogens is 4. The minimum atomic E-state index is -4.65. The molecule has 2 aromatic carbocycles. The molecule has 1 aliphatic heterocycles. The van der Waals surface area contributed by atoms with E-state index >= 15 is 0 Å². The molecule has 0 unspecified atom stereocenters. The maximum Gasteiger partial charge on any atom is 0.417 e. The molecule has 4 heterocycles. The second-order valence-corrected chi connectivity index (χ2v) is 9.21. The molecule has 0 saturated carbocycles. The third-order valence-corrected chi connectivity index (χ3v) is 6.33. The number of alkyl halides is 3. The lowest BCUT2D eigenvalue weighted by atomic mass is 10.1. The van der Waals surface area contributed by atoms with Crippen molar-refractivity contribution in [1.82, 2.24) is 9.97 Å². The number of aliphatic imine (C=N–C) groups is 2. The van der Waals surface area contributed by atoms with E-state index in [1.54, 1.807) is 24.3 Å². The lowest BCUT2D eigenvalue weighted by Gasteiger charge is -2.14. The molecule has 1 N–H and O–H groups in total. The smallest absolute Gasteiger partial charge is 0.417 e. The van der Waals surface area contributed by atoms with Crippen molar-refractivity contribution in [2.45, 2.75) is 19.3 Å². The van der Waals surface area contributed by atoms with Crippen molar-refractivity contribution >= 4 is 34.9 Å². The minimum Gasteiger partial charge on any atom is -0.467 e. The highest BCUT2D eigenvalue weighted by Crippen LogP contribution is 2.38. The molecule has 0 saturated heterocycles. The predicted molar refractivity (Wildman–Crippen MR) is 146 cm³/mol. The molecular formula is C29H19ClF3N5O3. The first-order valence-corrected chi connectivity index (χ1v) is 12.7. The van der Waals surface area contributed by atoms with Crippen molar-refractivity contribution in [2.24, 2.45) is 9.98 Å². The van der Waals surface area contributed by atoms with E-state index in [2.05, 4.69) is 20.3 Å². The number of nitrogens with one attached hydrogen (secondary N) is 1. The number of hydrogen-bond acceptors (Lipinski definition) is 8. The van der Waals surface area contributed by atoms with E-state index in [-0.39, 0.29) is 36.4 Å². The standard InChI is InChI=1S/C29H19ClF3N5O3/c30-22-11-10-18(14-21(22)29(31,32)33)36-26-23-24(37-25(38-26)17-6-2-1-3-7-17)28(35-16-20-9-5-13-40-20)41-27(23)34-15-19-8-4-12-39-19/h1-14H,15-16H2,(H,36,37,38). The summed E-state index contributed by atoms with van der Waals surface area (Å²) in [5.41, 5.74) is 0.445. The number of fused-ring (bicyclic) bond motifs is 1. The first kappa shape index (κ1) is 26.3. The van der Waals surface area contributed by atoms with Crippen LogP contribution in [0.15, 0.2) is 104 Å². The van der Waals surface area contributed by atoms with Crippen LogP contribution in [0, 0.1) is 0 Å². The Balaban J connectivity index is 1.50. The van der Waals surface area contributed by atoms with Gasteiger partial charge >= 0.3 is 6.18 Å². The molecule has 0 spiro atoms. The van der Waals surface area contributed by atoms with Crippen LogP contribution in [0.5, 0.6) is 0 Å². The van der Waals surface area contributed by atoms with Crippen LogP contribution >= 0.6 is 11.6 Å². The first-order valence-electron chi connectivity index (χ1n) is 12.3. The van der Waals surface area contributed by atoms with Gasteiger partial charge in [-0.2, -0.15) is 13.2 Å². The van der Waals surface area contributed by atoms with Gasteiger partial charge in [-0.25, -0.2) is 20.0 Å². The van der Waals surface area contributed by atoms with E-state index in [0.717, 1.165) is 6.07 Å². The van der Waals surface area contributed by atoms with Crippen molar-refractivity contribution < 1.29 is 26.7 Å². The number of ether oxygens (including phenoxy) is 1. The highest BCUT2D eigenvalue weighted by atomic mass is 35.5. The molecule has 206 valence electrons. The molecule has 0 atom stereocenters. The molecule has 8 nitrogen and oxygen atoms in total. The normalized spacial score (nSPS) is 14.8. The van der Waals surface area contributed by atoms with E-state index in [9.17, 15) is 13.2 Å². The average molecular weight is 578 g/mol. The molecule has 0 fully saturated rings. The summed E-state index contributed by atoms with van der Waals surface area (Å²) in [5.74, 6) is 1.93. The van der Waals surface area contributed by atoms with E-state index < -0.39 is 16.8 Å². The van der Waals surface area contributed by atoms with Crippen molar-refractivity contribution in [3.8, 4) is 11.4 Å². The Hall–Kier alpha value is -4.90. The van der Waals surface area contributed by atoms with Gasteiger partial charge < -0.3 is 18.9 Å². The lowest BCUT2D eigenvalue weighted by Crippen LogP contribution is -2.10. The number of benzene rings is 2. The van der Waals surface area contributed by atoms with Crippen molar-refractivity contribution in [3.63, 3.8) is 0 Å². The Labute approximate surface area is 236 Å². The number of nitrogens with zero attached hydrogens (tertiary/aromatic N) is 4. The third-order valence-electron chi connectivity index (χ3n) is 6.00. The fourth-order valence-electron chi connectivity index (χ4n) is 4.10. The maximum atomic E-state index is 13.6. The van der Waals surface area contributed by atoms with Gasteiger partial charge in [-0.3, -0.25) is 0 Å². The van der Waals surface area contributed by atoms with Crippen LogP contribution in [0.4, 0.5) is 24.7 Å². The highest BCUT2D eigenvalue weighted by molar-refractivity contribution is 6.31. The molecule has 0 aliphatic carbocycles. The SMILES string of the molecule is FC(F)(F)c1cc(Nc2nc(-c3ccccc3)nc3c2C(=NCc2ccco2)OC3=NCc2ccco2)ccc1Cl. The Kier molecular flexibility index (Phi) is 7.02. The Bertz CT molecular complexity index is 1740. The van der Waals surface area contributed by atoms with Crippen molar-refractivity contribution in [1.29, 1.82) is 0 Å². The topological polar surface area (TPSA) is 98.0 Å². The number of rotatable bonds is 7. The van der Waals surface area contributed by atoms with Crippen LogP contribution in [0.2, 0.25) is 5.02 Å². The summed E-state index contributed by atoms with van der Waals surface area (Å²) in [6, 6.07) is 19.7. The maximum absolute atomic E-state index is 13.6. The zero-order chi connectivity index (χ0) is 28.4. The summed E-state index contributed by atoms with van der Waals surface area (Å²) >= 11 is 5.85. The van der Waals surface area contributed by atoms with E-state index in [0.29, 0.717) is 34.2 Å². The number of anilines is 2. The Morgan fingerprint density at radius 1 is 0.805 bits per heavy atom. The number of hydrogen-bond donors (Lipinski definition) is 1. The first-order chi connectivity index (χ1) is 19.8. The summed E-state index contributed by atoms with van der Waals surface area (Å²) in [6.07, 6.45) is -1.59. The van der Waals surface area contributed by atoms with Crippen molar-refractivity contribution in [2.75, 3.05) is 5.32 Å². The predicted octanol–water partition coefficient (Wildman–Crippen LogP) is 7.67. The fourth-order valence-corrected chi connectivity index (χ4v) is 4.32. The Morgan fingerprint density at radius 2 is 1.49 bits per heavy atom. The van der Waals surface area contributed by atoms with Gasteiger partial charge in [0.25, 0.3) is 0 Å². The lowest BCUT2D eigenvalue weighted by molar-refractivity contribution is -0.137. The summed E-state index contributed by atoms with van der Waals surface area (Å²) in [7, 11) is 0. The van der Waals surface area contributed by atoms with Gasteiger partial charge in [0.15, 0.2) is 5.82 Å². The molecule has 0 radical (unpaired) electrons. The summed E-state index contributed by atoms with van der Waals surface area (Å²) in [4.78, 5) is 18.5. The molecule has 0 bridgehead atoms.